The highest BCUT2D eigenvalue weighted by Crippen LogP contribution is 2.34. The molecule has 0 aliphatic carbocycles. The van der Waals surface area contributed by atoms with Crippen molar-refractivity contribution in [2.75, 3.05) is 12.4 Å². The fourth-order valence-corrected chi connectivity index (χ4v) is 4.01. The first-order valence-electron chi connectivity index (χ1n) is 9.76. The van der Waals surface area contributed by atoms with Crippen LogP contribution >= 0.6 is 11.3 Å². The van der Waals surface area contributed by atoms with Gasteiger partial charge in [-0.25, -0.2) is 4.98 Å². The van der Waals surface area contributed by atoms with Crippen LogP contribution < -0.4 is 10.6 Å². The molecule has 2 aromatic carbocycles. The lowest BCUT2D eigenvalue weighted by Crippen LogP contribution is -2.17. The Hall–Kier alpha value is -3.92. The summed E-state index contributed by atoms with van der Waals surface area (Å²) in [5, 5.41) is 15.3. The van der Waals surface area contributed by atoms with Crippen LogP contribution in [0.4, 0.5) is 19.0 Å². The number of halogens is 3. The average Bonchev–Trinajstić information content (AvgIpc) is 3.39. The zero-order valence-electron chi connectivity index (χ0n) is 17.3. The number of hydrogen-bond acceptors (Lipinski definition) is 5. The first-order valence-corrected chi connectivity index (χ1v) is 10.6. The van der Waals surface area contributed by atoms with Crippen molar-refractivity contribution in [3.05, 3.63) is 89.1 Å². The highest BCUT2D eigenvalue weighted by molar-refractivity contribution is 7.15. The Morgan fingerprint density at radius 1 is 1.18 bits per heavy atom. The molecule has 0 bridgehead atoms. The molecule has 0 aliphatic heterocycles. The minimum Gasteiger partial charge on any atom is -0.394 e. The third-order valence-electron chi connectivity index (χ3n) is 4.84. The Kier molecular flexibility index (Phi) is 6.01. The van der Waals surface area contributed by atoms with Gasteiger partial charge in [-0.3, -0.25) is 9.20 Å². The van der Waals surface area contributed by atoms with Gasteiger partial charge >= 0.3 is 6.18 Å². The normalized spacial score (nSPS) is 11.8. The molecule has 10 heteroatoms. The van der Waals surface area contributed by atoms with Crippen molar-refractivity contribution in [1.29, 1.82) is 5.41 Å². The van der Waals surface area contributed by atoms with Gasteiger partial charge < -0.3 is 16.0 Å². The number of aromatic nitrogens is 2. The van der Waals surface area contributed by atoms with Crippen LogP contribution in [0.5, 0.6) is 0 Å². The summed E-state index contributed by atoms with van der Waals surface area (Å²) in [4.78, 5) is 18.3. The number of rotatable bonds is 6. The van der Waals surface area contributed by atoms with Gasteiger partial charge in [-0.1, -0.05) is 30.3 Å². The number of carbonyl (C=O) groups is 1. The van der Waals surface area contributed by atoms with E-state index in [0.717, 1.165) is 23.8 Å². The monoisotopic (exact) mass is 469 g/mol. The van der Waals surface area contributed by atoms with Gasteiger partial charge in [-0.2, -0.15) is 13.2 Å². The molecule has 3 N–H and O–H groups in total. The molecule has 1 amide bonds. The molecule has 168 valence electrons. The molecule has 2 aromatic heterocycles. The third-order valence-corrected chi connectivity index (χ3v) is 5.59. The molecule has 0 fully saturated rings. The van der Waals surface area contributed by atoms with E-state index in [1.54, 1.807) is 17.6 Å². The lowest BCUT2D eigenvalue weighted by Gasteiger charge is -2.14. The molecule has 0 radical (unpaired) electrons. The van der Waals surface area contributed by atoms with Crippen LogP contribution in [-0.4, -0.2) is 28.1 Å². The molecule has 0 saturated heterocycles. The molecule has 0 unspecified atom stereocenters. The van der Waals surface area contributed by atoms with E-state index in [1.165, 1.54) is 23.6 Å². The van der Waals surface area contributed by atoms with Crippen molar-refractivity contribution in [3.63, 3.8) is 0 Å². The topological polar surface area (TPSA) is 82.3 Å². The van der Waals surface area contributed by atoms with Crippen LogP contribution in [0.3, 0.4) is 0 Å². The van der Waals surface area contributed by atoms with E-state index >= 15 is 0 Å². The number of allylic oxidation sites excluding steroid dienone is 1. The maximum absolute atomic E-state index is 13.5. The van der Waals surface area contributed by atoms with Gasteiger partial charge in [0.15, 0.2) is 4.96 Å². The number of imidazole rings is 1. The van der Waals surface area contributed by atoms with E-state index in [2.05, 4.69) is 15.6 Å². The van der Waals surface area contributed by atoms with Gasteiger partial charge in [0, 0.05) is 35.3 Å². The maximum atomic E-state index is 13.5. The van der Waals surface area contributed by atoms with Crippen molar-refractivity contribution >= 4 is 33.7 Å². The number of anilines is 1. The van der Waals surface area contributed by atoms with Gasteiger partial charge in [0.25, 0.3) is 5.91 Å². The molecule has 6 nitrogen and oxygen atoms in total. The van der Waals surface area contributed by atoms with Crippen molar-refractivity contribution < 1.29 is 18.0 Å². The molecule has 0 spiro atoms. The van der Waals surface area contributed by atoms with Crippen LogP contribution in [0.2, 0.25) is 0 Å². The second-order valence-electron chi connectivity index (χ2n) is 6.98. The summed E-state index contributed by atoms with van der Waals surface area (Å²) in [7, 11) is 1.57. The van der Waals surface area contributed by atoms with Crippen LogP contribution in [-0.2, 0) is 6.18 Å². The molecule has 0 aliphatic rings. The highest BCUT2D eigenvalue weighted by Gasteiger charge is 2.34. The zero-order chi connectivity index (χ0) is 23.6. The van der Waals surface area contributed by atoms with Crippen molar-refractivity contribution in [2.24, 2.45) is 0 Å². The summed E-state index contributed by atoms with van der Waals surface area (Å²) in [6, 6.07) is 12.3. The number of thiazole rings is 1. The smallest absolute Gasteiger partial charge is 0.394 e. The molecule has 33 heavy (non-hydrogen) atoms. The largest absolute Gasteiger partial charge is 0.417 e. The van der Waals surface area contributed by atoms with E-state index in [0.29, 0.717) is 16.5 Å². The second-order valence-corrected chi connectivity index (χ2v) is 7.85. The number of alkyl halides is 3. The van der Waals surface area contributed by atoms with Gasteiger partial charge in [-0.15, -0.1) is 11.3 Å². The van der Waals surface area contributed by atoms with Crippen molar-refractivity contribution in [3.8, 4) is 11.3 Å². The average molecular weight is 469 g/mol. The summed E-state index contributed by atoms with van der Waals surface area (Å²) in [5.74, 6) is -0.199. The van der Waals surface area contributed by atoms with Crippen LogP contribution in [0, 0.1) is 5.41 Å². The SMILES string of the molecule is CN/C=C\C(=N)c1cc(C(=O)Nc2c(-c3ccccc3)nc3sccn23)ccc1C(F)(F)F. The van der Waals surface area contributed by atoms with E-state index in [4.69, 9.17) is 5.41 Å². The van der Waals surface area contributed by atoms with Crippen LogP contribution in [0.1, 0.15) is 21.5 Å². The Morgan fingerprint density at radius 2 is 1.94 bits per heavy atom. The summed E-state index contributed by atoms with van der Waals surface area (Å²) >= 11 is 1.39. The quantitative estimate of drug-likeness (QED) is 0.329. The Morgan fingerprint density at radius 3 is 2.64 bits per heavy atom. The standard InChI is InChI=1S/C23H18F3N5OS/c1-28-10-9-18(27)16-13-15(7-8-17(16)23(24,25)26)21(32)30-20-19(14-5-3-2-4-6-14)29-22-31(20)11-12-33-22/h2-13,27-28H,1H3,(H,30,32)/b10-9-,27-18?. The van der Waals surface area contributed by atoms with E-state index < -0.39 is 17.6 Å². The van der Waals surface area contributed by atoms with Gasteiger partial charge in [0.05, 0.1) is 11.3 Å². The summed E-state index contributed by atoms with van der Waals surface area (Å²) in [6.07, 6.45) is -0.364. The number of amides is 1. The Bertz CT molecular complexity index is 1360. The number of carbonyl (C=O) groups excluding carboxylic acids is 1. The second kappa shape index (κ2) is 8.91. The van der Waals surface area contributed by atoms with E-state index in [1.807, 2.05) is 35.7 Å². The molecule has 4 rings (SSSR count). The third kappa shape index (κ3) is 4.51. The fourth-order valence-electron chi connectivity index (χ4n) is 3.29. The van der Waals surface area contributed by atoms with Gasteiger partial charge in [-0.05, 0) is 30.5 Å². The molecule has 2 heterocycles. The number of fused-ring (bicyclic) bond motifs is 1. The number of nitrogens with zero attached hydrogens (tertiary/aromatic N) is 2. The summed E-state index contributed by atoms with van der Waals surface area (Å²) < 4.78 is 42.2. The number of hydrogen-bond donors (Lipinski definition) is 3. The highest BCUT2D eigenvalue weighted by atomic mass is 32.1. The molecular formula is C23H18F3N5OS. The van der Waals surface area contributed by atoms with E-state index in [9.17, 15) is 18.0 Å². The molecule has 0 atom stereocenters. The lowest BCUT2D eigenvalue weighted by atomic mass is 9.99. The number of nitrogens with one attached hydrogen (secondary N) is 3. The summed E-state index contributed by atoms with van der Waals surface area (Å²) in [6.45, 7) is 0. The van der Waals surface area contributed by atoms with E-state index in [-0.39, 0.29) is 16.8 Å². The Labute approximate surface area is 190 Å². The minimum atomic E-state index is -4.67. The molecule has 4 aromatic rings. The summed E-state index contributed by atoms with van der Waals surface area (Å²) in [5.41, 5.74) is -0.424. The van der Waals surface area contributed by atoms with Crippen LogP contribution in [0.15, 0.2) is 72.4 Å². The predicted octanol–water partition coefficient (Wildman–Crippen LogP) is 5.43. The fraction of sp³-hybridized carbons (Fsp3) is 0.0870. The minimum absolute atomic E-state index is 0.00945. The lowest BCUT2D eigenvalue weighted by molar-refractivity contribution is -0.137. The molecular weight excluding hydrogens is 451 g/mol. The first kappa shape index (κ1) is 22.3. The maximum Gasteiger partial charge on any atom is 0.417 e. The van der Waals surface area contributed by atoms with Crippen molar-refractivity contribution in [1.82, 2.24) is 14.7 Å². The van der Waals surface area contributed by atoms with Gasteiger partial charge in [0.2, 0.25) is 0 Å². The zero-order valence-corrected chi connectivity index (χ0v) is 18.1. The predicted molar refractivity (Wildman–Crippen MR) is 123 cm³/mol. The Balaban J connectivity index is 1.74. The molecule has 0 saturated carbocycles. The number of benzene rings is 2. The van der Waals surface area contributed by atoms with Crippen molar-refractivity contribution in [2.45, 2.75) is 6.18 Å². The van der Waals surface area contributed by atoms with Gasteiger partial charge in [0.1, 0.15) is 11.5 Å². The van der Waals surface area contributed by atoms with Crippen LogP contribution in [0.25, 0.3) is 16.2 Å². The first-order chi connectivity index (χ1) is 15.8.